The molecule has 3 nitrogen and oxygen atoms in total. The van der Waals surface area contributed by atoms with E-state index in [1.807, 2.05) is 0 Å². The zero-order chi connectivity index (χ0) is 14.5. The molecule has 2 aliphatic rings. The van der Waals surface area contributed by atoms with E-state index in [1.54, 1.807) is 0 Å². The van der Waals surface area contributed by atoms with Gasteiger partial charge < -0.3 is 10.1 Å². The molecule has 1 spiro atoms. The molecule has 0 unspecified atom stereocenters. The van der Waals surface area contributed by atoms with E-state index < -0.39 is 0 Å². The van der Waals surface area contributed by atoms with E-state index in [0.29, 0.717) is 11.1 Å². The third-order valence-electron chi connectivity index (χ3n) is 5.77. The third kappa shape index (κ3) is 3.37. The largest absolute Gasteiger partial charge is 0.382 e. The highest BCUT2D eigenvalue weighted by atomic mass is 16.5. The van der Waals surface area contributed by atoms with Gasteiger partial charge in [-0.15, -0.1) is 0 Å². The number of hydrogen-bond acceptors (Lipinski definition) is 3. The standard InChI is InChI=1S/C17H34N2O/c1-4-16(5-2)15-19(12-9-13-20-6-3)17(14-18-16)10-7-8-11-17/h18H,4-15H2,1-3H3. The van der Waals surface area contributed by atoms with Crippen molar-refractivity contribution in [1.29, 1.82) is 0 Å². The van der Waals surface area contributed by atoms with Crippen molar-refractivity contribution >= 4 is 0 Å². The van der Waals surface area contributed by atoms with Crippen molar-refractivity contribution in [2.45, 2.75) is 76.8 Å². The van der Waals surface area contributed by atoms with Crippen molar-refractivity contribution in [3.63, 3.8) is 0 Å². The van der Waals surface area contributed by atoms with Crippen LogP contribution >= 0.6 is 0 Å². The molecule has 0 amide bonds. The normalized spacial score (nSPS) is 25.4. The molecule has 1 N–H and O–H groups in total. The molecule has 2 rings (SSSR count). The van der Waals surface area contributed by atoms with Gasteiger partial charge in [-0.2, -0.15) is 0 Å². The minimum Gasteiger partial charge on any atom is -0.382 e. The van der Waals surface area contributed by atoms with Crippen molar-refractivity contribution in [2.75, 3.05) is 32.8 Å². The summed E-state index contributed by atoms with van der Waals surface area (Å²) >= 11 is 0. The molecular weight excluding hydrogens is 248 g/mol. The van der Waals surface area contributed by atoms with E-state index in [1.165, 1.54) is 64.6 Å². The minimum absolute atomic E-state index is 0.347. The van der Waals surface area contributed by atoms with Crippen molar-refractivity contribution in [3.8, 4) is 0 Å². The second kappa shape index (κ2) is 7.24. The van der Waals surface area contributed by atoms with Crippen LogP contribution in [-0.2, 0) is 4.74 Å². The summed E-state index contributed by atoms with van der Waals surface area (Å²) in [6.07, 6.45) is 9.25. The quantitative estimate of drug-likeness (QED) is 0.726. The van der Waals surface area contributed by atoms with E-state index in [9.17, 15) is 0 Å². The Bertz CT molecular complexity index is 283. The van der Waals surface area contributed by atoms with Crippen LogP contribution in [0, 0.1) is 0 Å². The summed E-state index contributed by atoms with van der Waals surface area (Å²) in [6, 6.07) is 0. The summed E-state index contributed by atoms with van der Waals surface area (Å²) in [5, 5.41) is 3.92. The maximum absolute atomic E-state index is 5.54. The molecule has 1 saturated carbocycles. The summed E-state index contributed by atoms with van der Waals surface area (Å²) < 4.78 is 5.54. The Hall–Kier alpha value is -0.120. The first-order valence-corrected chi connectivity index (χ1v) is 8.78. The Labute approximate surface area is 125 Å². The Morgan fingerprint density at radius 2 is 1.80 bits per heavy atom. The van der Waals surface area contributed by atoms with Crippen molar-refractivity contribution in [3.05, 3.63) is 0 Å². The molecule has 1 aliphatic carbocycles. The first-order chi connectivity index (χ1) is 9.70. The Morgan fingerprint density at radius 3 is 2.40 bits per heavy atom. The van der Waals surface area contributed by atoms with Crippen LogP contribution in [0.4, 0.5) is 0 Å². The molecule has 118 valence electrons. The average molecular weight is 282 g/mol. The van der Waals surface area contributed by atoms with Crippen molar-refractivity contribution in [1.82, 2.24) is 10.2 Å². The van der Waals surface area contributed by atoms with Crippen LogP contribution in [0.2, 0.25) is 0 Å². The number of ether oxygens (including phenoxy) is 1. The van der Waals surface area contributed by atoms with Gasteiger partial charge in [0.05, 0.1) is 0 Å². The lowest BCUT2D eigenvalue weighted by molar-refractivity contribution is -0.00194. The highest BCUT2D eigenvalue weighted by Gasteiger charge is 2.46. The second-order valence-electron chi connectivity index (χ2n) is 6.74. The molecule has 1 aliphatic heterocycles. The van der Waals surface area contributed by atoms with E-state index in [4.69, 9.17) is 4.74 Å². The summed E-state index contributed by atoms with van der Waals surface area (Å²) in [6.45, 7) is 12.2. The predicted octanol–water partition coefficient (Wildman–Crippen LogP) is 3.19. The minimum atomic E-state index is 0.347. The number of nitrogens with one attached hydrogen (secondary N) is 1. The molecule has 0 bridgehead atoms. The molecule has 1 heterocycles. The number of piperazine rings is 1. The zero-order valence-corrected chi connectivity index (χ0v) is 13.8. The Kier molecular flexibility index (Phi) is 5.88. The Morgan fingerprint density at radius 1 is 1.10 bits per heavy atom. The number of rotatable bonds is 7. The van der Waals surface area contributed by atoms with Gasteiger partial charge in [0.25, 0.3) is 0 Å². The molecule has 0 aromatic heterocycles. The van der Waals surface area contributed by atoms with Crippen molar-refractivity contribution in [2.24, 2.45) is 0 Å². The van der Waals surface area contributed by atoms with E-state index in [0.717, 1.165) is 13.2 Å². The molecule has 2 fully saturated rings. The van der Waals surface area contributed by atoms with Gasteiger partial charge in [-0.25, -0.2) is 0 Å². The predicted molar refractivity (Wildman–Crippen MR) is 85.2 cm³/mol. The number of nitrogens with zero attached hydrogens (tertiary/aromatic N) is 1. The summed E-state index contributed by atoms with van der Waals surface area (Å²) in [7, 11) is 0. The maximum atomic E-state index is 5.54. The Balaban J connectivity index is 1.99. The van der Waals surface area contributed by atoms with Crippen LogP contribution < -0.4 is 5.32 Å². The van der Waals surface area contributed by atoms with Crippen molar-refractivity contribution < 1.29 is 4.74 Å². The van der Waals surface area contributed by atoms with Gasteiger partial charge in [0.15, 0.2) is 0 Å². The summed E-state index contributed by atoms with van der Waals surface area (Å²) in [4.78, 5) is 2.82. The lowest BCUT2D eigenvalue weighted by Gasteiger charge is -2.53. The molecule has 0 atom stereocenters. The van der Waals surface area contributed by atoms with Gasteiger partial charge in [-0.1, -0.05) is 26.7 Å². The van der Waals surface area contributed by atoms with E-state index >= 15 is 0 Å². The SMILES string of the molecule is CCOCCCN1CC(CC)(CC)NCC12CCCC2. The second-order valence-corrected chi connectivity index (χ2v) is 6.74. The van der Waals surface area contributed by atoms with E-state index in [2.05, 4.69) is 31.0 Å². The zero-order valence-electron chi connectivity index (χ0n) is 13.8. The maximum Gasteiger partial charge on any atom is 0.0478 e. The third-order valence-corrected chi connectivity index (χ3v) is 5.77. The fraction of sp³-hybridized carbons (Fsp3) is 1.00. The average Bonchev–Trinajstić information content (AvgIpc) is 2.95. The smallest absolute Gasteiger partial charge is 0.0478 e. The summed E-state index contributed by atoms with van der Waals surface area (Å²) in [5.41, 5.74) is 0.805. The first-order valence-electron chi connectivity index (χ1n) is 8.78. The molecule has 20 heavy (non-hydrogen) atoms. The lowest BCUT2D eigenvalue weighted by Crippen LogP contribution is -2.69. The first kappa shape index (κ1) is 16.3. The molecular formula is C17H34N2O. The highest BCUT2D eigenvalue weighted by Crippen LogP contribution is 2.39. The van der Waals surface area contributed by atoms with E-state index in [-0.39, 0.29) is 0 Å². The van der Waals surface area contributed by atoms with Gasteiger partial charge >= 0.3 is 0 Å². The molecule has 0 aromatic carbocycles. The molecule has 0 radical (unpaired) electrons. The van der Waals surface area contributed by atoms with Gasteiger partial charge in [0, 0.05) is 43.9 Å². The molecule has 1 saturated heterocycles. The van der Waals surface area contributed by atoms with Crippen LogP contribution in [0.3, 0.4) is 0 Å². The van der Waals surface area contributed by atoms with Crippen LogP contribution in [0.1, 0.15) is 65.7 Å². The van der Waals surface area contributed by atoms with Gasteiger partial charge in [-0.05, 0) is 39.0 Å². The van der Waals surface area contributed by atoms with Crippen LogP contribution in [-0.4, -0.2) is 48.8 Å². The fourth-order valence-corrected chi connectivity index (χ4v) is 4.12. The topological polar surface area (TPSA) is 24.5 Å². The van der Waals surface area contributed by atoms with Crippen LogP contribution in [0.15, 0.2) is 0 Å². The summed E-state index contributed by atoms with van der Waals surface area (Å²) in [5.74, 6) is 0. The fourth-order valence-electron chi connectivity index (χ4n) is 4.12. The molecule has 3 heteroatoms. The van der Waals surface area contributed by atoms with Crippen LogP contribution in [0.5, 0.6) is 0 Å². The lowest BCUT2D eigenvalue weighted by atomic mass is 9.82. The monoisotopic (exact) mass is 282 g/mol. The molecule has 0 aromatic rings. The highest BCUT2D eigenvalue weighted by molar-refractivity contribution is 5.06. The number of hydrogen-bond donors (Lipinski definition) is 1. The van der Waals surface area contributed by atoms with Gasteiger partial charge in [0.1, 0.15) is 0 Å². The van der Waals surface area contributed by atoms with Gasteiger partial charge in [-0.3, -0.25) is 4.90 Å². The van der Waals surface area contributed by atoms with Crippen LogP contribution in [0.25, 0.3) is 0 Å². The van der Waals surface area contributed by atoms with Gasteiger partial charge in [0.2, 0.25) is 0 Å².